The first kappa shape index (κ1) is 24.9. The molecular weight excluding hydrogens is 496 g/mol. The molecule has 12 heteroatoms. The Bertz CT molecular complexity index is 1560. The number of fused-ring (bicyclic) bond motifs is 1. The Kier molecular flexibility index (Phi) is 6.69. The zero-order valence-electron chi connectivity index (χ0n) is 21.0. The maximum absolute atomic E-state index is 11.9. The Labute approximate surface area is 214 Å². The molecule has 1 aromatic carbocycles. The van der Waals surface area contributed by atoms with Gasteiger partial charge in [-0.3, -0.25) is 0 Å². The highest BCUT2D eigenvalue weighted by molar-refractivity contribution is 7.90. The number of nitrogens with zero attached hydrogens (tertiary/aromatic N) is 5. The smallest absolute Gasteiger partial charge is 0.325 e. The van der Waals surface area contributed by atoms with Gasteiger partial charge >= 0.3 is 6.01 Å². The molecule has 0 aliphatic carbocycles. The van der Waals surface area contributed by atoms with Gasteiger partial charge in [0.2, 0.25) is 5.88 Å². The van der Waals surface area contributed by atoms with Crippen molar-refractivity contribution in [3.8, 4) is 11.7 Å². The quantitative estimate of drug-likeness (QED) is 0.381. The normalized spacial score (nSPS) is 19.5. The van der Waals surface area contributed by atoms with Crippen molar-refractivity contribution in [3.63, 3.8) is 0 Å². The average molecular weight is 525 g/mol. The molecule has 3 aromatic heterocycles. The van der Waals surface area contributed by atoms with E-state index >= 15 is 0 Å². The van der Waals surface area contributed by atoms with E-state index in [9.17, 15) is 8.42 Å². The lowest BCUT2D eigenvalue weighted by atomic mass is 9.96. The number of sulfone groups is 1. The third-order valence-corrected chi connectivity index (χ3v) is 7.19. The number of hydrogen-bond acceptors (Lipinski definition) is 10. The average Bonchev–Trinajstić information content (AvgIpc) is 3.51. The monoisotopic (exact) mass is 524 g/mol. The standard InChI is InChI=1S/C25H28N6O5S/c1-15(2)24-29-25(36-30-24)26-11-18-13-34-12-16(3)23(18)35-22-10-21(27-14-28-22)31-8-7-17-9-19(37(4,32)33)5-6-20(17)31/h5-11,14-16,23H,12-13H2,1-4H3,(H,26,29,30)/b18-11+. The Balaban J connectivity index is 1.39. The molecule has 1 saturated heterocycles. The lowest BCUT2D eigenvalue weighted by molar-refractivity contribution is 0.0233. The maximum Gasteiger partial charge on any atom is 0.325 e. The fraction of sp³-hybridized carbons (Fsp3) is 0.360. The van der Waals surface area contributed by atoms with E-state index < -0.39 is 9.84 Å². The lowest BCUT2D eigenvalue weighted by Gasteiger charge is -2.31. The van der Waals surface area contributed by atoms with Crippen molar-refractivity contribution < 1.29 is 22.4 Å². The Morgan fingerprint density at radius 2 is 2.05 bits per heavy atom. The van der Waals surface area contributed by atoms with Crippen molar-refractivity contribution in [3.05, 3.63) is 60.5 Å². The number of benzene rings is 1. The van der Waals surface area contributed by atoms with Crippen LogP contribution in [0.1, 0.15) is 32.5 Å². The summed E-state index contributed by atoms with van der Waals surface area (Å²) in [6.45, 7) is 6.96. The van der Waals surface area contributed by atoms with Gasteiger partial charge in [0.25, 0.3) is 0 Å². The molecule has 1 aliphatic rings. The minimum Gasteiger partial charge on any atom is -0.469 e. The minimum absolute atomic E-state index is 0.0657. The molecule has 1 aliphatic heterocycles. The fourth-order valence-corrected chi connectivity index (χ4v) is 4.76. The van der Waals surface area contributed by atoms with Crippen molar-refractivity contribution in [2.24, 2.45) is 5.92 Å². The van der Waals surface area contributed by atoms with Gasteiger partial charge in [0.05, 0.1) is 23.6 Å². The van der Waals surface area contributed by atoms with Gasteiger partial charge in [0, 0.05) is 47.5 Å². The van der Waals surface area contributed by atoms with E-state index in [1.807, 2.05) is 37.6 Å². The third-order valence-electron chi connectivity index (χ3n) is 6.08. The zero-order chi connectivity index (χ0) is 26.2. The lowest BCUT2D eigenvalue weighted by Crippen LogP contribution is -2.37. The van der Waals surface area contributed by atoms with Crippen LogP contribution in [0.15, 0.2) is 64.0 Å². The van der Waals surface area contributed by atoms with Crippen molar-refractivity contribution in [2.45, 2.75) is 37.7 Å². The van der Waals surface area contributed by atoms with Crippen LogP contribution in [-0.2, 0) is 14.6 Å². The number of ether oxygens (including phenoxy) is 2. The molecular formula is C25H28N6O5S. The molecule has 2 unspecified atom stereocenters. The summed E-state index contributed by atoms with van der Waals surface area (Å²) in [5, 5.41) is 7.81. The summed E-state index contributed by atoms with van der Waals surface area (Å²) < 4.78 is 43.0. The first-order valence-corrected chi connectivity index (χ1v) is 13.8. The molecule has 5 rings (SSSR count). The predicted molar refractivity (Wildman–Crippen MR) is 136 cm³/mol. The summed E-state index contributed by atoms with van der Waals surface area (Å²) in [6.07, 6.45) is 5.96. The molecule has 37 heavy (non-hydrogen) atoms. The third kappa shape index (κ3) is 5.35. The first-order chi connectivity index (χ1) is 17.7. The van der Waals surface area contributed by atoms with Crippen LogP contribution in [0.5, 0.6) is 5.88 Å². The molecule has 194 valence electrons. The Morgan fingerprint density at radius 1 is 1.22 bits per heavy atom. The van der Waals surface area contributed by atoms with Crippen LogP contribution in [0.25, 0.3) is 16.7 Å². The summed E-state index contributed by atoms with van der Waals surface area (Å²) >= 11 is 0. The summed E-state index contributed by atoms with van der Waals surface area (Å²) in [7, 11) is -3.30. The van der Waals surface area contributed by atoms with Crippen LogP contribution in [-0.4, -0.2) is 58.7 Å². The highest BCUT2D eigenvalue weighted by Crippen LogP contribution is 2.27. The Hall–Kier alpha value is -3.77. The first-order valence-electron chi connectivity index (χ1n) is 11.9. The molecule has 0 saturated carbocycles. The molecule has 0 spiro atoms. The molecule has 4 heterocycles. The zero-order valence-corrected chi connectivity index (χ0v) is 21.8. The summed E-state index contributed by atoms with van der Waals surface area (Å²) in [6, 6.07) is 8.92. The van der Waals surface area contributed by atoms with E-state index in [1.54, 1.807) is 30.5 Å². The summed E-state index contributed by atoms with van der Waals surface area (Å²) in [5.74, 6) is 1.86. The number of hydrogen-bond donors (Lipinski definition) is 1. The van der Waals surface area contributed by atoms with Crippen LogP contribution in [0.2, 0.25) is 0 Å². The van der Waals surface area contributed by atoms with Crippen LogP contribution in [0.3, 0.4) is 0 Å². The second-order valence-electron chi connectivity index (χ2n) is 9.40. The van der Waals surface area contributed by atoms with Gasteiger partial charge in [-0.05, 0) is 24.3 Å². The van der Waals surface area contributed by atoms with E-state index in [2.05, 4.69) is 25.4 Å². The van der Waals surface area contributed by atoms with E-state index in [0.29, 0.717) is 36.8 Å². The minimum atomic E-state index is -3.30. The predicted octanol–water partition coefficient (Wildman–Crippen LogP) is 3.74. The second-order valence-corrected chi connectivity index (χ2v) is 11.4. The number of rotatable bonds is 7. The van der Waals surface area contributed by atoms with Crippen molar-refractivity contribution >= 4 is 26.8 Å². The Morgan fingerprint density at radius 3 is 2.81 bits per heavy atom. The van der Waals surface area contributed by atoms with Gasteiger partial charge in [0.1, 0.15) is 18.2 Å². The van der Waals surface area contributed by atoms with Crippen LogP contribution >= 0.6 is 0 Å². The topological polar surface area (TPSA) is 134 Å². The van der Waals surface area contributed by atoms with Crippen molar-refractivity contribution in [1.29, 1.82) is 0 Å². The molecule has 2 atom stereocenters. The van der Waals surface area contributed by atoms with Gasteiger partial charge in [-0.2, -0.15) is 4.98 Å². The van der Waals surface area contributed by atoms with E-state index in [-0.39, 0.29) is 22.8 Å². The second kappa shape index (κ2) is 9.94. The SMILES string of the molecule is CC(C)c1noc(N/C=C2\COCC(C)C2Oc2cc(-n3ccc4cc(S(C)(=O)=O)ccc43)ncn2)n1. The van der Waals surface area contributed by atoms with Gasteiger partial charge in [0.15, 0.2) is 15.7 Å². The van der Waals surface area contributed by atoms with Gasteiger partial charge < -0.3 is 23.9 Å². The van der Waals surface area contributed by atoms with Gasteiger partial charge in [-0.15, -0.1) is 0 Å². The summed E-state index contributed by atoms with van der Waals surface area (Å²) in [5.41, 5.74) is 1.70. The summed E-state index contributed by atoms with van der Waals surface area (Å²) in [4.78, 5) is 13.3. The van der Waals surface area contributed by atoms with Crippen LogP contribution < -0.4 is 10.1 Å². The number of nitrogens with one attached hydrogen (secondary N) is 1. The van der Waals surface area contributed by atoms with Crippen molar-refractivity contribution in [1.82, 2.24) is 24.7 Å². The molecule has 1 fully saturated rings. The largest absolute Gasteiger partial charge is 0.469 e. The maximum atomic E-state index is 11.9. The van der Waals surface area contributed by atoms with Crippen LogP contribution in [0.4, 0.5) is 6.01 Å². The van der Waals surface area contributed by atoms with Gasteiger partial charge in [-0.25, -0.2) is 18.4 Å². The van der Waals surface area contributed by atoms with Crippen molar-refractivity contribution in [2.75, 3.05) is 24.8 Å². The molecule has 1 N–H and O–H groups in total. The number of aromatic nitrogens is 5. The highest BCUT2D eigenvalue weighted by Gasteiger charge is 2.29. The van der Waals surface area contributed by atoms with Gasteiger partial charge in [-0.1, -0.05) is 25.9 Å². The molecule has 11 nitrogen and oxygen atoms in total. The molecule has 0 amide bonds. The van der Waals surface area contributed by atoms with E-state index in [4.69, 9.17) is 14.0 Å². The molecule has 0 radical (unpaired) electrons. The fourth-order valence-electron chi connectivity index (χ4n) is 4.10. The van der Waals surface area contributed by atoms with E-state index in [1.165, 1.54) is 12.6 Å². The number of anilines is 1. The van der Waals surface area contributed by atoms with Crippen LogP contribution in [0, 0.1) is 5.92 Å². The molecule has 0 bridgehead atoms. The highest BCUT2D eigenvalue weighted by atomic mass is 32.2. The van der Waals surface area contributed by atoms with E-state index in [0.717, 1.165) is 16.5 Å². The molecule has 4 aromatic rings.